The predicted octanol–water partition coefficient (Wildman–Crippen LogP) is 2.23. The summed E-state index contributed by atoms with van der Waals surface area (Å²) in [6, 6.07) is 9.06. The molecule has 0 aromatic heterocycles. The van der Waals surface area contributed by atoms with Crippen LogP contribution < -0.4 is 5.32 Å². The minimum Gasteiger partial charge on any atom is -0.480 e. The summed E-state index contributed by atoms with van der Waals surface area (Å²) in [6.07, 6.45) is 6.59. The molecule has 7 heteroatoms. The van der Waals surface area contributed by atoms with Crippen LogP contribution in [-0.4, -0.2) is 77.7 Å². The number of carboxylic acids is 1. The van der Waals surface area contributed by atoms with Gasteiger partial charge >= 0.3 is 12.0 Å². The fourth-order valence-electron chi connectivity index (χ4n) is 2.77. The van der Waals surface area contributed by atoms with E-state index in [0.717, 1.165) is 19.6 Å². The number of carbonyl (C=O) groups is 2. The van der Waals surface area contributed by atoms with Gasteiger partial charge < -0.3 is 15.3 Å². The molecule has 0 radical (unpaired) electrons. The molecule has 2 amide bonds. The number of benzene rings is 1. The zero-order valence-corrected chi connectivity index (χ0v) is 16.0. The van der Waals surface area contributed by atoms with E-state index in [9.17, 15) is 14.7 Å². The lowest BCUT2D eigenvalue weighted by atomic mass is 10.2. The third-order valence-corrected chi connectivity index (χ3v) is 4.98. The van der Waals surface area contributed by atoms with E-state index in [4.69, 9.17) is 0 Å². The Kier molecular flexibility index (Phi) is 8.50. The molecule has 1 unspecified atom stereocenters. The number of thioether (sulfide) groups is 1. The minimum absolute atomic E-state index is 0.280. The van der Waals surface area contributed by atoms with Crippen molar-refractivity contribution in [3.8, 4) is 0 Å². The van der Waals surface area contributed by atoms with Crippen LogP contribution in [0.1, 0.15) is 12.0 Å². The van der Waals surface area contributed by atoms with Gasteiger partial charge in [0.05, 0.1) is 0 Å². The highest BCUT2D eigenvalue weighted by atomic mass is 32.2. The summed E-state index contributed by atoms with van der Waals surface area (Å²) in [6.45, 7) is 3.64. The van der Waals surface area contributed by atoms with Gasteiger partial charge in [0.15, 0.2) is 0 Å². The number of aliphatic carboxylic acids is 1. The Hall–Kier alpha value is -1.99. The average Bonchev–Trinajstić information content (AvgIpc) is 2.66. The lowest BCUT2D eigenvalue weighted by molar-refractivity contribution is -0.139. The first-order valence-electron chi connectivity index (χ1n) is 8.81. The molecule has 1 atom stereocenters. The Morgan fingerprint density at radius 1 is 1.23 bits per heavy atom. The van der Waals surface area contributed by atoms with E-state index >= 15 is 0 Å². The number of nitrogens with one attached hydrogen (secondary N) is 1. The molecule has 26 heavy (non-hydrogen) atoms. The number of carbonyl (C=O) groups excluding carboxylic acids is 1. The Morgan fingerprint density at radius 2 is 1.92 bits per heavy atom. The van der Waals surface area contributed by atoms with Crippen LogP contribution in [0.2, 0.25) is 0 Å². The van der Waals surface area contributed by atoms with Crippen molar-refractivity contribution in [2.75, 3.05) is 44.7 Å². The zero-order valence-electron chi connectivity index (χ0n) is 15.1. The van der Waals surface area contributed by atoms with Gasteiger partial charge in [-0.1, -0.05) is 42.5 Å². The first-order valence-corrected chi connectivity index (χ1v) is 10.2. The fraction of sp³-hybridized carbons (Fsp3) is 0.474. The van der Waals surface area contributed by atoms with Crippen molar-refractivity contribution in [1.29, 1.82) is 0 Å². The van der Waals surface area contributed by atoms with Crippen LogP contribution in [-0.2, 0) is 4.79 Å². The molecule has 0 aliphatic carbocycles. The number of amides is 2. The zero-order chi connectivity index (χ0) is 18.8. The topological polar surface area (TPSA) is 72.9 Å². The van der Waals surface area contributed by atoms with Crippen LogP contribution >= 0.6 is 11.8 Å². The maximum Gasteiger partial charge on any atom is 0.326 e. The molecule has 1 aliphatic heterocycles. The summed E-state index contributed by atoms with van der Waals surface area (Å²) in [4.78, 5) is 27.5. The van der Waals surface area contributed by atoms with Crippen LogP contribution in [0.3, 0.4) is 0 Å². The minimum atomic E-state index is -0.975. The number of piperazine rings is 1. The predicted molar refractivity (Wildman–Crippen MR) is 106 cm³/mol. The van der Waals surface area contributed by atoms with Gasteiger partial charge in [-0.25, -0.2) is 9.59 Å². The maximum absolute atomic E-state index is 12.3. The highest BCUT2D eigenvalue weighted by molar-refractivity contribution is 7.98. The van der Waals surface area contributed by atoms with Gasteiger partial charge in [0.1, 0.15) is 6.04 Å². The lowest BCUT2D eigenvalue weighted by Gasteiger charge is -2.34. The van der Waals surface area contributed by atoms with E-state index in [-0.39, 0.29) is 6.03 Å². The summed E-state index contributed by atoms with van der Waals surface area (Å²) in [5, 5.41) is 11.9. The van der Waals surface area contributed by atoms with Crippen molar-refractivity contribution in [3.63, 3.8) is 0 Å². The third kappa shape index (κ3) is 6.72. The van der Waals surface area contributed by atoms with Crippen LogP contribution in [0, 0.1) is 0 Å². The molecule has 2 rings (SSSR count). The van der Waals surface area contributed by atoms with Crippen LogP contribution in [0.25, 0.3) is 6.08 Å². The normalized spacial score (nSPS) is 16.6. The van der Waals surface area contributed by atoms with E-state index in [0.29, 0.717) is 25.3 Å². The van der Waals surface area contributed by atoms with Gasteiger partial charge in [-0.15, -0.1) is 0 Å². The van der Waals surface area contributed by atoms with Gasteiger partial charge in [0, 0.05) is 32.7 Å². The molecule has 1 aromatic carbocycles. The maximum atomic E-state index is 12.3. The second kappa shape index (κ2) is 10.9. The SMILES string of the molecule is CSCCC(NC(=O)N1CCN(C/C=C/c2ccccc2)CC1)C(=O)O. The summed E-state index contributed by atoms with van der Waals surface area (Å²) in [7, 11) is 0. The Balaban J connectivity index is 1.73. The van der Waals surface area contributed by atoms with E-state index < -0.39 is 12.0 Å². The molecule has 142 valence electrons. The molecule has 1 aliphatic rings. The summed E-state index contributed by atoms with van der Waals surface area (Å²) < 4.78 is 0. The van der Waals surface area contributed by atoms with Crippen molar-refractivity contribution in [2.45, 2.75) is 12.5 Å². The first kappa shape index (κ1) is 20.3. The highest BCUT2D eigenvalue weighted by Gasteiger charge is 2.25. The number of rotatable bonds is 8. The van der Waals surface area contributed by atoms with E-state index in [2.05, 4.69) is 34.5 Å². The third-order valence-electron chi connectivity index (χ3n) is 4.34. The Bertz CT molecular complexity index is 601. The smallest absolute Gasteiger partial charge is 0.326 e. The fourth-order valence-corrected chi connectivity index (χ4v) is 3.24. The number of hydrogen-bond donors (Lipinski definition) is 2. The Morgan fingerprint density at radius 3 is 2.54 bits per heavy atom. The van der Waals surface area contributed by atoms with Crippen molar-refractivity contribution < 1.29 is 14.7 Å². The number of nitrogens with zero attached hydrogens (tertiary/aromatic N) is 2. The van der Waals surface area contributed by atoms with Crippen molar-refractivity contribution in [2.24, 2.45) is 0 Å². The molecular weight excluding hydrogens is 350 g/mol. The monoisotopic (exact) mass is 377 g/mol. The second-order valence-electron chi connectivity index (χ2n) is 6.22. The van der Waals surface area contributed by atoms with Crippen molar-refractivity contribution in [1.82, 2.24) is 15.1 Å². The number of urea groups is 1. The molecule has 1 aromatic rings. The quantitative estimate of drug-likeness (QED) is 0.727. The molecule has 1 saturated heterocycles. The second-order valence-corrected chi connectivity index (χ2v) is 7.21. The van der Waals surface area contributed by atoms with Crippen molar-refractivity contribution in [3.05, 3.63) is 42.0 Å². The van der Waals surface area contributed by atoms with Crippen LogP contribution in [0.15, 0.2) is 36.4 Å². The van der Waals surface area contributed by atoms with Gasteiger partial charge in [-0.05, 0) is 24.0 Å². The van der Waals surface area contributed by atoms with E-state index in [1.54, 1.807) is 16.7 Å². The Labute approximate surface area is 159 Å². The number of hydrogen-bond acceptors (Lipinski definition) is 4. The van der Waals surface area contributed by atoms with Crippen LogP contribution in [0.5, 0.6) is 0 Å². The molecule has 0 saturated carbocycles. The summed E-state index contributed by atoms with van der Waals surface area (Å²) >= 11 is 1.57. The molecule has 0 spiro atoms. The molecule has 6 nitrogen and oxygen atoms in total. The van der Waals surface area contributed by atoms with Gasteiger partial charge in [-0.3, -0.25) is 4.90 Å². The summed E-state index contributed by atoms with van der Waals surface area (Å²) in [5.74, 6) is -0.268. The van der Waals surface area contributed by atoms with E-state index in [1.165, 1.54) is 5.56 Å². The molecule has 1 fully saturated rings. The largest absolute Gasteiger partial charge is 0.480 e. The van der Waals surface area contributed by atoms with Gasteiger partial charge in [-0.2, -0.15) is 11.8 Å². The van der Waals surface area contributed by atoms with Gasteiger partial charge in [0.2, 0.25) is 0 Å². The van der Waals surface area contributed by atoms with Crippen molar-refractivity contribution >= 4 is 29.8 Å². The molecule has 0 bridgehead atoms. The number of carboxylic acid groups (broad SMARTS) is 1. The van der Waals surface area contributed by atoms with Gasteiger partial charge in [0.25, 0.3) is 0 Å². The first-order chi connectivity index (χ1) is 12.6. The molecular formula is C19H27N3O3S. The lowest BCUT2D eigenvalue weighted by Crippen LogP contribution is -2.54. The highest BCUT2D eigenvalue weighted by Crippen LogP contribution is 2.06. The average molecular weight is 378 g/mol. The van der Waals surface area contributed by atoms with E-state index in [1.807, 2.05) is 24.5 Å². The standard InChI is InChI=1S/C19H27N3O3S/c1-26-15-9-17(18(23)24)20-19(25)22-13-11-21(12-14-22)10-5-8-16-6-3-2-4-7-16/h2-8,17H,9-15H2,1H3,(H,20,25)(H,23,24)/b8-5+. The molecule has 2 N–H and O–H groups in total. The summed E-state index contributed by atoms with van der Waals surface area (Å²) in [5.41, 5.74) is 1.18. The molecule has 1 heterocycles. The van der Waals surface area contributed by atoms with Crippen LogP contribution in [0.4, 0.5) is 4.79 Å².